The Kier molecular flexibility index (Phi) is 7.23. The van der Waals surface area contributed by atoms with Crippen LogP contribution in [0.1, 0.15) is 0 Å². The van der Waals surface area contributed by atoms with E-state index in [4.69, 9.17) is 16.0 Å². The Hall–Kier alpha value is -2.60. The second-order valence-corrected chi connectivity index (χ2v) is 10.7. The number of rotatable bonds is 7. The number of hydrogen-bond acceptors (Lipinski definition) is 8. The molecule has 174 valence electrons. The molecule has 0 radical (unpaired) electrons. The Bertz CT molecular complexity index is 1240. The van der Waals surface area contributed by atoms with E-state index in [1.807, 2.05) is 30.3 Å². The van der Waals surface area contributed by atoms with Crippen molar-refractivity contribution in [1.29, 1.82) is 0 Å². The summed E-state index contributed by atoms with van der Waals surface area (Å²) < 4.78 is 30.6. The highest BCUT2D eigenvalue weighted by Crippen LogP contribution is 2.28. The number of thioether (sulfide) groups is 1. The summed E-state index contributed by atoms with van der Waals surface area (Å²) in [6.07, 6.45) is 1.22. The maximum atomic E-state index is 12.6. The molecule has 1 aromatic heterocycles. The lowest BCUT2D eigenvalue weighted by Gasteiger charge is -2.35. The van der Waals surface area contributed by atoms with Gasteiger partial charge in [0.1, 0.15) is 0 Å². The number of piperazine rings is 1. The van der Waals surface area contributed by atoms with E-state index in [9.17, 15) is 13.2 Å². The molecule has 0 aliphatic carbocycles. The molecule has 2 aromatic carbocycles. The molecule has 12 heteroatoms. The maximum Gasteiger partial charge on any atom is 0.277 e. The van der Waals surface area contributed by atoms with E-state index in [0.29, 0.717) is 48.3 Å². The van der Waals surface area contributed by atoms with Gasteiger partial charge in [-0.25, -0.2) is 8.42 Å². The Morgan fingerprint density at radius 3 is 2.61 bits per heavy atom. The maximum absolute atomic E-state index is 12.6. The fourth-order valence-electron chi connectivity index (χ4n) is 3.44. The first-order valence-electron chi connectivity index (χ1n) is 10.1. The fraction of sp³-hybridized carbons (Fsp3) is 0.286. The van der Waals surface area contributed by atoms with Gasteiger partial charge in [-0.05, 0) is 30.3 Å². The van der Waals surface area contributed by atoms with Crippen LogP contribution in [-0.2, 0) is 14.8 Å². The number of carbonyl (C=O) groups is 1. The Balaban J connectivity index is 1.35. The number of hydrogen-bond donors (Lipinski definition) is 1. The molecule has 1 N–H and O–H groups in total. The average molecular weight is 508 g/mol. The van der Waals surface area contributed by atoms with Gasteiger partial charge in [0.25, 0.3) is 5.22 Å². The van der Waals surface area contributed by atoms with E-state index in [0.717, 1.165) is 17.4 Å². The third-order valence-corrected chi connectivity index (χ3v) is 7.39. The van der Waals surface area contributed by atoms with Crippen LogP contribution < -0.4 is 10.2 Å². The van der Waals surface area contributed by atoms with Gasteiger partial charge >= 0.3 is 0 Å². The number of halogens is 1. The van der Waals surface area contributed by atoms with Crippen molar-refractivity contribution in [3.63, 3.8) is 0 Å². The first-order valence-corrected chi connectivity index (χ1v) is 13.3. The Morgan fingerprint density at radius 2 is 1.88 bits per heavy atom. The normalized spacial score (nSPS) is 14.9. The SMILES string of the molecule is CS(=O)(=O)N1CCN(c2ccccc2NC(=O)CSc2nnc(-c3cccc(Cl)c3)o2)CC1. The minimum atomic E-state index is -3.20. The lowest BCUT2D eigenvalue weighted by Crippen LogP contribution is -2.48. The highest BCUT2D eigenvalue weighted by Gasteiger charge is 2.25. The highest BCUT2D eigenvalue weighted by molar-refractivity contribution is 7.99. The number of anilines is 2. The summed E-state index contributed by atoms with van der Waals surface area (Å²) in [6, 6.07) is 14.5. The lowest BCUT2D eigenvalue weighted by molar-refractivity contribution is -0.113. The van der Waals surface area contributed by atoms with Gasteiger partial charge in [0, 0.05) is 36.8 Å². The van der Waals surface area contributed by atoms with E-state index in [1.54, 1.807) is 18.2 Å². The zero-order valence-corrected chi connectivity index (χ0v) is 20.2. The third-order valence-electron chi connectivity index (χ3n) is 5.03. The van der Waals surface area contributed by atoms with Gasteiger partial charge in [-0.3, -0.25) is 4.79 Å². The molecule has 0 atom stereocenters. The number of carbonyl (C=O) groups excluding carboxylic acids is 1. The van der Waals surface area contributed by atoms with E-state index in [2.05, 4.69) is 20.4 Å². The predicted octanol–water partition coefficient (Wildman–Crippen LogP) is 3.20. The molecule has 3 aromatic rings. The second kappa shape index (κ2) is 10.1. The molecule has 2 heterocycles. The van der Waals surface area contributed by atoms with Gasteiger partial charge in [0.15, 0.2) is 0 Å². The van der Waals surface area contributed by atoms with Crippen molar-refractivity contribution in [2.45, 2.75) is 5.22 Å². The summed E-state index contributed by atoms with van der Waals surface area (Å²) in [7, 11) is -3.20. The molecular formula is C21H22ClN5O4S2. The summed E-state index contributed by atoms with van der Waals surface area (Å²) in [4.78, 5) is 14.6. The summed E-state index contributed by atoms with van der Waals surface area (Å²) in [6.45, 7) is 1.90. The van der Waals surface area contributed by atoms with Crippen LogP contribution in [-0.4, -0.2) is 67.0 Å². The van der Waals surface area contributed by atoms with Gasteiger partial charge in [0.2, 0.25) is 21.8 Å². The average Bonchev–Trinajstić information content (AvgIpc) is 3.27. The van der Waals surface area contributed by atoms with E-state index >= 15 is 0 Å². The van der Waals surface area contributed by atoms with E-state index in [-0.39, 0.29) is 16.9 Å². The molecule has 1 aliphatic rings. The topological polar surface area (TPSA) is 109 Å². The highest BCUT2D eigenvalue weighted by atomic mass is 35.5. The minimum absolute atomic E-state index is 0.0906. The van der Waals surface area contributed by atoms with Crippen LogP contribution in [0.25, 0.3) is 11.5 Å². The number of para-hydroxylation sites is 2. The molecule has 1 saturated heterocycles. The number of nitrogens with zero attached hydrogens (tertiary/aromatic N) is 4. The third kappa shape index (κ3) is 6.05. The van der Waals surface area contributed by atoms with Crippen LogP contribution in [0, 0.1) is 0 Å². The summed E-state index contributed by atoms with van der Waals surface area (Å²) in [5, 5.41) is 11.8. The van der Waals surface area contributed by atoms with Crippen molar-refractivity contribution in [3.8, 4) is 11.5 Å². The van der Waals surface area contributed by atoms with Crippen LogP contribution in [0.15, 0.2) is 58.2 Å². The molecule has 33 heavy (non-hydrogen) atoms. The van der Waals surface area contributed by atoms with Crippen molar-refractivity contribution in [2.75, 3.05) is 48.4 Å². The van der Waals surface area contributed by atoms with Gasteiger partial charge < -0.3 is 14.6 Å². The monoisotopic (exact) mass is 507 g/mol. The van der Waals surface area contributed by atoms with Crippen LogP contribution in [0.4, 0.5) is 11.4 Å². The summed E-state index contributed by atoms with van der Waals surface area (Å²) >= 11 is 7.14. The zero-order chi connectivity index (χ0) is 23.4. The molecule has 1 fully saturated rings. The standard InChI is InChI=1S/C21H22ClN5O4S2/c1-33(29,30)27-11-9-26(10-12-27)18-8-3-2-7-17(18)23-19(28)14-32-21-25-24-20(31-21)15-5-4-6-16(22)13-15/h2-8,13H,9-12,14H2,1H3,(H,23,28). The molecule has 0 unspecified atom stereocenters. The van der Waals surface area contributed by atoms with Crippen molar-refractivity contribution in [1.82, 2.24) is 14.5 Å². The van der Waals surface area contributed by atoms with Crippen molar-refractivity contribution in [2.24, 2.45) is 0 Å². The second-order valence-electron chi connectivity index (χ2n) is 7.39. The Labute approximate surface area is 201 Å². The number of benzene rings is 2. The predicted molar refractivity (Wildman–Crippen MR) is 129 cm³/mol. The molecule has 1 aliphatic heterocycles. The fourth-order valence-corrected chi connectivity index (χ4v) is 5.02. The molecule has 0 bridgehead atoms. The molecule has 1 amide bonds. The quantitative estimate of drug-likeness (QED) is 0.486. The number of nitrogens with one attached hydrogen (secondary N) is 1. The van der Waals surface area contributed by atoms with Gasteiger partial charge in [-0.2, -0.15) is 4.31 Å². The van der Waals surface area contributed by atoms with Crippen molar-refractivity contribution >= 4 is 50.7 Å². The van der Waals surface area contributed by atoms with Crippen LogP contribution in [0.2, 0.25) is 5.02 Å². The molecule has 0 saturated carbocycles. The molecular weight excluding hydrogens is 486 g/mol. The van der Waals surface area contributed by atoms with Gasteiger partial charge in [-0.1, -0.05) is 41.6 Å². The smallest absolute Gasteiger partial charge is 0.277 e. The number of amides is 1. The van der Waals surface area contributed by atoms with Crippen LogP contribution >= 0.6 is 23.4 Å². The lowest BCUT2D eigenvalue weighted by atomic mass is 10.2. The molecule has 9 nitrogen and oxygen atoms in total. The van der Waals surface area contributed by atoms with E-state index in [1.165, 1.54) is 10.6 Å². The number of sulfonamides is 1. The first-order chi connectivity index (χ1) is 15.8. The van der Waals surface area contributed by atoms with Crippen LogP contribution in [0.5, 0.6) is 0 Å². The van der Waals surface area contributed by atoms with Crippen molar-refractivity contribution in [3.05, 3.63) is 53.6 Å². The van der Waals surface area contributed by atoms with Gasteiger partial charge in [0.05, 0.1) is 23.4 Å². The Morgan fingerprint density at radius 1 is 1.12 bits per heavy atom. The molecule has 4 rings (SSSR count). The summed E-state index contributed by atoms with van der Waals surface area (Å²) in [5.41, 5.74) is 2.22. The first kappa shape index (κ1) is 23.6. The van der Waals surface area contributed by atoms with Crippen LogP contribution in [0.3, 0.4) is 0 Å². The summed E-state index contributed by atoms with van der Waals surface area (Å²) in [5.74, 6) is 0.205. The zero-order valence-electron chi connectivity index (χ0n) is 17.8. The van der Waals surface area contributed by atoms with Crippen molar-refractivity contribution < 1.29 is 17.6 Å². The molecule has 0 spiro atoms. The van der Waals surface area contributed by atoms with E-state index < -0.39 is 10.0 Å². The minimum Gasteiger partial charge on any atom is -0.411 e. The van der Waals surface area contributed by atoms with Gasteiger partial charge in [-0.15, -0.1) is 10.2 Å². The number of aromatic nitrogens is 2. The largest absolute Gasteiger partial charge is 0.411 e.